The first kappa shape index (κ1) is 11.4. The van der Waals surface area contributed by atoms with Crippen molar-refractivity contribution in [1.82, 2.24) is 0 Å². The summed E-state index contributed by atoms with van der Waals surface area (Å²) in [6.45, 7) is 0. The van der Waals surface area contributed by atoms with Crippen LogP contribution in [0.2, 0.25) is 0 Å². The highest BCUT2D eigenvalue weighted by Crippen LogP contribution is 2.54. The Morgan fingerprint density at radius 3 is 2.82 bits per heavy atom. The predicted molar refractivity (Wildman–Crippen MR) is 63.6 cm³/mol. The van der Waals surface area contributed by atoms with Gasteiger partial charge in [-0.3, -0.25) is 4.79 Å². The molecule has 1 aromatic rings. The lowest BCUT2D eigenvalue weighted by Gasteiger charge is -2.01. The van der Waals surface area contributed by atoms with Crippen molar-refractivity contribution in [2.45, 2.75) is 6.42 Å². The number of nitriles is 1. The minimum absolute atomic E-state index is 0.302. The molecule has 1 aliphatic carbocycles. The molecule has 3 nitrogen and oxygen atoms in total. The third-order valence-corrected chi connectivity index (χ3v) is 3.07. The molecule has 2 atom stereocenters. The number of hydrogen-bond donors (Lipinski definition) is 0. The van der Waals surface area contributed by atoms with Gasteiger partial charge in [-0.25, -0.2) is 0 Å². The van der Waals surface area contributed by atoms with Crippen LogP contribution in [0.4, 0.5) is 0 Å². The number of methoxy groups -OCH3 is 1. The van der Waals surface area contributed by atoms with E-state index in [0.717, 1.165) is 5.56 Å². The predicted octanol–water partition coefficient (Wildman–Crippen LogP) is 2.40. The van der Waals surface area contributed by atoms with Crippen molar-refractivity contribution >= 4 is 12.0 Å². The Morgan fingerprint density at radius 1 is 1.53 bits per heavy atom. The molecule has 86 valence electrons. The summed E-state index contributed by atoms with van der Waals surface area (Å²) in [6, 6.07) is 11.9. The third-order valence-electron chi connectivity index (χ3n) is 3.07. The average molecular weight is 227 g/mol. The first-order valence-electron chi connectivity index (χ1n) is 5.45. The second-order valence-electron chi connectivity index (χ2n) is 4.18. The van der Waals surface area contributed by atoms with Gasteiger partial charge in [-0.2, -0.15) is 5.26 Å². The molecule has 0 radical (unpaired) electrons. The quantitative estimate of drug-likeness (QED) is 0.745. The van der Waals surface area contributed by atoms with Crippen LogP contribution in [-0.2, 0) is 9.53 Å². The third kappa shape index (κ3) is 2.21. The van der Waals surface area contributed by atoms with Crippen molar-refractivity contribution in [1.29, 1.82) is 5.26 Å². The Bertz CT molecular complexity index is 487. The number of nitrogens with zero attached hydrogens (tertiary/aromatic N) is 1. The highest BCUT2D eigenvalue weighted by molar-refractivity contribution is 5.79. The molecule has 0 saturated heterocycles. The summed E-state index contributed by atoms with van der Waals surface area (Å²) in [5.74, 6) is -0.610. The molecular formula is C14H13NO2. The monoisotopic (exact) mass is 227 g/mol. The summed E-state index contributed by atoms with van der Waals surface area (Å²) in [6.07, 6.45) is 4.25. The van der Waals surface area contributed by atoms with Gasteiger partial charge in [-0.1, -0.05) is 42.5 Å². The number of carbonyl (C=O) groups is 1. The Kier molecular flexibility index (Phi) is 2.97. The fraction of sp³-hybridized carbons (Fsp3) is 0.286. The largest absolute Gasteiger partial charge is 0.469 e. The maximum Gasteiger partial charge on any atom is 0.310 e. The van der Waals surface area contributed by atoms with Crippen LogP contribution in [0.15, 0.2) is 36.4 Å². The van der Waals surface area contributed by atoms with Gasteiger partial charge in [0.1, 0.15) is 0 Å². The maximum absolute atomic E-state index is 11.4. The molecule has 0 spiro atoms. The molecule has 0 heterocycles. The smallest absolute Gasteiger partial charge is 0.310 e. The van der Waals surface area contributed by atoms with Gasteiger partial charge >= 0.3 is 5.97 Å². The Labute approximate surface area is 100 Å². The van der Waals surface area contributed by atoms with Crippen molar-refractivity contribution in [3.8, 4) is 6.07 Å². The summed E-state index contributed by atoms with van der Waals surface area (Å²) in [4.78, 5) is 11.4. The Balaban J connectivity index is 2.11. The first-order chi connectivity index (χ1) is 8.22. The van der Waals surface area contributed by atoms with Crippen molar-refractivity contribution < 1.29 is 9.53 Å². The van der Waals surface area contributed by atoms with E-state index in [1.807, 2.05) is 42.5 Å². The van der Waals surface area contributed by atoms with Crippen LogP contribution in [0.3, 0.4) is 0 Å². The number of allylic oxidation sites excluding steroid dienone is 1. The standard InChI is InChI=1S/C14H13NO2/c1-17-13(16)12-9-14(12,10-15)8-7-11-5-3-2-4-6-11/h2-8,12H,9H2,1H3/b8-7+. The molecule has 17 heavy (non-hydrogen) atoms. The van der Waals surface area contributed by atoms with E-state index in [9.17, 15) is 4.79 Å². The molecule has 3 heteroatoms. The number of benzene rings is 1. The first-order valence-corrected chi connectivity index (χ1v) is 5.45. The summed E-state index contributed by atoms with van der Waals surface area (Å²) in [7, 11) is 1.35. The van der Waals surface area contributed by atoms with Crippen LogP contribution in [0.1, 0.15) is 12.0 Å². The van der Waals surface area contributed by atoms with Crippen molar-refractivity contribution in [3.63, 3.8) is 0 Å². The zero-order valence-electron chi connectivity index (χ0n) is 9.59. The van der Waals surface area contributed by atoms with E-state index in [0.29, 0.717) is 6.42 Å². The Hall–Kier alpha value is -2.08. The lowest BCUT2D eigenvalue weighted by molar-refractivity contribution is -0.142. The summed E-state index contributed by atoms with van der Waals surface area (Å²) in [5.41, 5.74) is 0.362. The molecule has 1 aromatic carbocycles. The fourth-order valence-electron chi connectivity index (χ4n) is 1.87. The van der Waals surface area contributed by atoms with Gasteiger partial charge in [0.05, 0.1) is 24.5 Å². The van der Waals surface area contributed by atoms with Crippen LogP contribution in [0.5, 0.6) is 0 Å². The fourth-order valence-corrected chi connectivity index (χ4v) is 1.87. The number of esters is 1. The summed E-state index contributed by atoms with van der Waals surface area (Å²) in [5, 5.41) is 9.14. The highest BCUT2D eigenvalue weighted by Gasteiger charge is 2.58. The van der Waals surface area contributed by atoms with Gasteiger partial charge in [-0.15, -0.1) is 0 Å². The molecule has 0 amide bonds. The normalized spacial score (nSPS) is 26.5. The summed E-state index contributed by atoms with van der Waals surface area (Å²) < 4.78 is 4.66. The van der Waals surface area contributed by atoms with Gasteiger partial charge < -0.3 is 4.74 Å². The van der Waals surface area contributed by atoms with Gasteiger partial charge in [0, 0.05) is 0 Å². The molecule has 2 rings (SSSR count). The number of carbonyl (C=O) groups excluding carboxylic acids is 1. The van der Waals surface area contributed by atoms with Gasteiger partial charge in [-0.05, 0) is 12.0 Å². The lowest BCUT2D eigenvalue weighted by Crippen LogP contribution is -2.09. The van der Waals surface area contributed by atoms with Crippen LogP contribution in [0.25, 0.3) is 6.08 Å². The van der Waals surface area contributed by atoms with E-state index in [2.05, 4.69) is 10.8 Å². The molecule has 0 N–H and O–H groups in total. The average Bonchev–Trinajstić information content (AvgIpc) is 3.12. The van der Waals surface area contributed by atoms with E-state index >= 15 is 0 Å². The molecule has 1 fully saturated rings. The molecule has 0 aliphatic heterocycles. The molecule has 1 aliphatic rings. The van der Waals surface area contributed by atoms with E-state index in [1.165, 1.54) is 7.11 Å². The van der Waals surface area contributed by atoms with Gasteiger partial charge in [0.2, 0.25) is 0 Å². The number of rotatable bonds is 3. The van der Waals surface area contributed by atoms with E-state index < -0.39 is 5.41 Å². The minimum Gasteiger partial charge on any atom is -0.469 e. The zero-order chi connectivity index (χ0) is 12.3. The van der Waals surface area contributed by atoms with Crippen LogP contribution in [0, 0.1) is 22.7 Å². The SMILES string of the molecule is COC(=O)C1CC1(C#N)/C=C/c1ccccc1. The zero-order valence-corrected chi connectivity index (χ0v) is 9.59. The second kappa shape index (κ2) is 4.42. The van der Waals surface area contributed by atoms with Gasteiger partial charge in [0.15, 0.2) is 0 Å². The van der Waals surface area contributed by atoms with E-state index in [4.69, 9.17) is 5.26 Å². The van der Waals surface area contributed by atoms with Crippen molar-refractivity contribution in [2.75, 3.05) is 7.11 Å². The molecule has 0 bridgehead atoms. The second-order valence-corrected chi connectivity index (χ2v) is 4.18. The van der Waals surface area contributed by atoms with E-state index in [1.54, 1.807) is 0 Å². The molecular weight excluding hydrogens is 214 g/mol. The number of hydrogen-bond acceptors (Lipinski definition) is 3. The highest BCUT2D eigenvalue weighted by atomic mass is 16.5. The minimum atomic E-state index is -0.664. The molecule has 2 unspecified atom stereocenters. The summed E-state index contributed by atoms with van der Waals surface area (Å²) >= 11 is 0. The van der Waals surface area contributed by atoms with E-state index in [-0.39, 0.29) is 11.9 Å². The lowest BCUT2D eigenvalue weighted by atomic mass is 10.0. The molecule has 0 aromatic heterocycles. The maximum atomic E-state index is 11.4. The van der Waals surface area contributed by atoms with Crippen LogP contribution in [-0.4, -0.2) is 13.1 Å². The Morgan fingerprint density at radius 2 is 2.24 bits per heavy atom. The van der Waals surface area contributed by atoms with Crippen molar-refractivity contribution in [3.05, 3.63) is 42.0 Å². The van der Waals surface area contributed by atoms with Crippen LogP contribution < -0.4 is 0 Å². The van der Waals surface area contributed by atoms with Gasteiger partial charge in [0.25, 0.3) is 0 Å². The number of ether oxygens (including phenoxy) is 1. The molecule has 1 saturated carbocycles. The topological polar surface area (TPSA) is 50.1 Å². The van der Waals surface area contributed by atoms with Crippen LogP contribution >= 0.6 is 0 Å². The van der Waals surface area contributed by atoms with Crippen molar-refractivity contribution in [2.24, 2.45) is 11.3 Å².